The van der Waals surface area contributed by atoms with Crippen molar-refractivity contribution in [3.63, 3.8) is 0 Å². The third-order valence-corrected chi connectivity index (χ3v) is 1.60. The molecule has 1 rings (SSSR count). The lowest BCUT2D eigenvalue weighted by molar-refractivity contribution is 0.0956. The molecule has 3 nitrogen and oxygen atoms in total. The standard InChI is InChI=1S/C9H12O3/c1-12-8-4-2-7(3-5-8)9(11)6-10/h2-5,9-11H,6H2,1H3/i6D. The minimum Gasteiger partial charge on any atom is -0.497 e. The van der Waals surface area contributed by atoms with Crippen LogP contribution < -0.4 is 4.74 Å². The van der Waals surface area contributed by atoms with E-state index in [1.54, 1.807) is 31.4 Å². The number of aliphatic hydroxyl groups is 2. The van der Waals surface area contributed by atoms with Crippen molar-refractivity contribution in [2.24, 2.45) is 0 Å². The molecule has 2 N–H and O–H groups in total. The summed E-state index contributed by atoms with van der Waals surface area (Å²) >= 11 is 0. The highest BCUT2D eigenvalue weighted by Crippen LogP contribution is 2.16. The van der Waals surface area contributed by atoms with Gasteiger partial charge in [0, 0.05) is 0 Å². The van der Waals surface area contributed by atoms with Gasteiger partial charge in [-0.1, -0.05) is 12.1 Å². The van der Waals surface area contributed by atoms with Crippen LogP contribution in [0.15, 0.2) is 24.3 Å². The summed E-state index contributed by atoms with van der Waals surface area (Å²) in [4.78, 5) is 0. The number of hydrogen-bond acceptors (Lipinski definition) is 3. The monoisotopic (exact) mass is 169 g/mol. The van der Waals surface area contributed by atoms with E-state index in [2.05, 4.69) is 0 Å². The van der Waals surface area contributed by atoms with E-state index in [4.69, 9.17) is 11.2 Å². The second kappa shape index (κ2) is 4.09. The minimum absolute atomic E-state index is 0.503. The fourth-order valence-electron chi connectivity index (χ4n) is 0.887. The highest BCUT2D eigenvalue weighted by atomic mass is 16.5. The van der Waals surface area contributed by atoms with E-state index in [0.29, 0.717) is 11.3 Å². The summed E-state index contributed by atoms with van der Waals surface area (Å²) in [5.74, 6) is 0.676. The van der Waals surface area contributed by atoms with Crippen LogP contribution in [0.2, 0.25) is 0 Å². The zero-order valence-corrected chi connectivity index (χ0v) is 6.77. The highest BCUT2D eigenvalue weighted by Gasteiger charge is 2.04. The second-order valence-corrected chi connectivity index (χ2v) is 2.37. The quantitative estimate of drug-likeness (QED) is 0.701. The van der Waals surface area contributed by atoms with Crippen LogP contribution in [0.25, 0.3) is 0 Å². The third kappa shape index (κ3) is 1.96. The van der Waals surface area contributed by atoms with Crippen LogP contribution in [0.3, 0.4) is 0 Å². The zero-order chi connectivity index (χ0) is 9.84. The van der Waals surface area contributed by atoms with Gasteiger partial charge in [0.2, 0.25) is 0 Å². The number of hydrogen-bond donors (Lipinski definition) is 2. The summed E-state index contributed by atoms with van der Waals surface area (Å²) in [6.07, 6.45) is -1.16. The predicted octanol–water partition coefficient (Wildman–Crippen LogP) is 0.721. The number of methoxy groups -OCH3 is 1. The van der Waals surface area contributed by atoms with Gasteiger partial charge in [-0.3, -0.25) is 0 Å². The molecule has 0 spiro atoms. The molecule has 0 bridgehead atoms. The molecule has 0 aliphatic heterocycles. The van der Waals surface area contributed by atoms with Crippen molar-refractivity contribution in [2.75, 3.05) is 13.7 Å². The summed E-state index contributed by atoms with van der Waals surface area (Å²) < 4.78 is 11.8. The van der Waals surface area contributed by atoms with Gasteiger partial charge in [0.25, 0.3) is 0 Å². The lowest BCUT2D eigenvalue weighted by atomic mass is 10.1. The van der Waals surface area contributed by atoms with E-state index in [0.717, 1.165) is 0 Å². The Morgan fingerprint density at radius 1 is 1.50 bits per heavy atom. The van der Waals surface area contributed by atoms with Crippen molar-refractivity contribution in [3.05, 3.63) is 29.8 Å². The molecular formula is C9H12O3. The normalized spacial score (nSPS) is 16.4. The third-order valence-electron chi connectivity index (χ3n) is 1.60. The second-order valence-electron chi connectivity index (χ2n) is 2.37. The average molecular weight is 169 g/mol. The first kappa shape index (κ1) is 7.58. The summed E-state index contributed by atoms with van der Waals surface area (Å²) in [7, 11) is 1.55. The van der Waals surface area contributed by atoms with E-state index in [1.165, 1.54) is 0 Å². The van der Waals surface area contributed by atoms with Crippen molar-refractivity contribution in [1.82, 2.24) is 0 Å². The number of rotatable bonds is 3. The average Bonchev–Trinajstić information content (AvgIpc) is 2.17. The molecule has 0 fully saturated rings. The largest absolute Gasteiger partial charge is 0.497 e. The van der Waals surface area contributed by atoms with Crippen LogP contribution in [-0.2, 0) is 0 Å². The molecule has 0 saturated carbocycles. The Hall–Kier alpha value is -1.06. The number of aliphatic hydroxyl groups excluding tert-OH is 2. The van der Waals surface area contributed by atoms with Crippen molar-refractivity contribution in [3.8, 4) is 5.75 Å². The summed E-state index contributed by atoms with van der Waals surface area (Å²) in [6.45, 7) is -1.51. The Morgan fingerprint density at radius 3 is 2.50 bits per heavy atom. The molecule has 0 aliphatic carbocycles. The van der Waals surface area contributed by atoms with Crippen LogP contribution in [0.5, 0.6) is 5.75 Å². The predicted molar refractivity (Wildman–Crippen MR) is 45.0 cm³/mol. The molecule has 2 unspecified atom stereocenters. The molecule has 1 aromatic carbocycles. The van der Waals surface area contributed by atoms with Crippen molar-refractivity contribution >= 4 is 0 Å². The maximum absolute atomic E-state index is 9.28. The van der Waals surface area contributed by atoms with Crippen molar-refractivity contribution < 1.29 is 16.3 Å². The highest BCUT2D eigenvalue weighted by molar-refractivity contribution is 5.28. The van der Waals surface area contributed by atoms with E-state index < -0.39 is 12.7 Å². The van der Waals surface area contributed by atoms with E-state index >= 15 is 0 Å². The van der Waals surface area contributed by atoms with Gasteiger partial charge >= 0.3 is 0 Å². The van der Waals surface area contributed by atoms with E-state index in [9.17, 15) is 5.11 Å². The Labute approximate surface area is 72.6 Å². The first-order valence-corrected chi connectivity index (χ1v) is 3.57. The Balaban J connectivity index is 2.79. The molecule has 12 heavy (non-hydrogen) atoms. The van der Waals surface area contributed by atoms with Crippen LogP contribution >= 0.6 is 0 Å². The van der Waals surface area contributed by atoms with E-state index in [-0.39, 0.29) is 0 Å². The van der Waals surface area contributed by atoms with Gasteiger partial charge in [-0.2, -0.15) is 0 Å². The van der Waals surface area contributed by atoms with Crippen LogP contribution in [0.4, 0.5) is 0 Å². The molecule has 0 saturated heterocycles. The maximum atomic E-state index is 9.28. The van der Waals surface area contributed by atoms with Gasteiger partial charge in [0.15, 0.2) is 0 Å². The van der Waals surface area contributed by atoms with Gasteiger partial charge in [-0.15, -0.1) is 0 Å². The lowest BCUT2D eigenvalue weighted by Crippen LogP contribution is -2.01. The number of ether oxygens (including phenoxy) is 1. The molecule has 2 atom stereocenters. The fraction of sp³-hybridized carbons (Fsp3) is 0.333. The summed E-state index contributed by atoms with van der Waals surface area (Å²) in [6, 6.07) is 6.56. The van der Waals surface area contributed by atoms with Gasteiger partial charge in [-0.05, 0) is 17.7 Å². The first-order chi connectivity index (χ1) is 6.15. The number of benzene rings is 1. The zero-order valence-electron chi connectivity index (χ0n) is 7.77. The van der Waals surface area contributed by atoms with E-state index in [1.807, 2.05) is 0 Å². The molecule has 0 aliphatic rings. The maximum Gasteiger partial charge on any atom is 0.118 e. The van der Waals surface area contributed by atoms with Crippen LogP contribution in [0, 0.1) is 0 Å². The topological polar surface area (TPSA) is 49.7 Å². The van der Waals surface area contributed by atoms with Gasteiger partial charge < -0.3 is 14.9 Å². The molecule has 1 aromatic rings. The first-order valence-electron chi connectivity index (χ1n) is 4.15. The SMILES string of the molecule is [2H]C(O)C(O)c1ccc(OC)cc1. The molecule has 0 amide bonds. The molecule has 0 radical (unpaired) electrons. The van der Waals surface area contributed by atoms with Crippen LogP contribution in [0.1, 0.15) is 13.0 Å². The van der Waals surface area contributed by atoms with Crippen molar-refractivity contribution in [1.29, 1.82) is 0 Å². The molecular weight excluding hydrogens is 156 g/mol. The Morgan fingerprint density at radius 2 is 2.08 bits per heavy atom. The minimum atomic E-state index is -1.51. The van der Waals surface area contributed by atoms with Gasteiger partial charge in [-0.25, -0.2) is 0 Å². The van der Waals surface area contributed by atoms with Crippen LogP contribution in [-0.4, -0.2) is 23.9 Å². The van der Waals surface area contributed by atoms with Gasteiger partial charge in [0.1, 0.15) is 11.9 Å². The smallest absolute Gasteiger partial charge is 0.118 e. The molecule has 0 aromatic heterocycles. The summed E-state index contributed by atoms with van der Waals surface area (Å²) in [5.41, 5.74) is 0.503. The fourth-order valence-corrected chi connectivity index (χ4v) is 0.887. The molecule has 66 valence electrons. The van der Waals surface area contributed by atoms with Gasteiger partial charge in [0.05, 0.1) is 15.1 Å². The lowest BCUT2D eigenvalue weighted by Gasteiger charge is -2.07. The molecule has 3 heteroatoms. The Kier molecular flexibility index (Phi) is 2.58. The summed E-state index contributed by atoms with van der Waals surface area (Å²) in [5, 5.41) is 18.1. The van der Waals surface area contributed by atoms with Crippen molar-refractivity contribution in [2.45, 2.75) is 6.10 Å². The Bertz CT molecular complexity index is 258. The molecule has 0 heterocycles.